The molecule has 1 N–H and O–H groups in total. The van der Waals surface area contributed by atoms with Gasteiger partial charge >= 0.3 is 0 Å². The van der Waals surface area contributed by atoms with Gasteiger partial charge in [0.15, 0.2) is 6.61 Å². The first-order valence-corrected chi connectivity index (χ1v) is 10.9. The largest absolute Gasteiger partial charge is 0.483 e. The molecule has 0 aliphatic heterocycles. The number of benzene rings is 2. The summed E-state index contributed by atoms with van der Waals surface area (Å²) in [6, 6.07) is 12.6. The van der Waals surface area contributed by atoms with Crippen molar-refractivity contribution in [1.82, 2.24) is 10.2 Å². The number of halogens is 1. The van der Waals surface area contributed by atoms with E-state index in [2.05, 4.69) is 5.32 Å². The van der Waals surface area contributed by atoms with Gasteiger partial charge in [0.25, 0.3) is 5.91 Å². The van der Waals surface area contributed by atoms with Crippen LogP contribution in [0.3, 0.4) is 0 Å². The SMILES string of the molecule is CCC(C(=O)NC(C)(C)C)N(Cc1ccc(Cl)cc1)C(=O)COc1cc(C)ccc1C. The molecule has 5 nitrogen and oxygen atoms in total. The van der Waals surface area contributed by atoms with Crippen LogP contribution in [0.25, 0.3) is 0 Å². The van der Waals surface area contributed by atoms with E-state index in [4.69, 9.17) is 16.3 Å². The van der Waals surface area contributed by atoms with Gasteiger partial charge in [-0.25, -0.2) is 0 Å². The summed E-state index contributed by atoms with van der Waals surface area (Å²) in [6.45, 7) is 11.7. The van der Waals surface area contributed by atoms with E-state index in [1.807, 2.05) is 71.9 Å². The number of amides is 2. The second-order valence-electron chi connectivity index (χ2n) is 8.87. The first-order valence-electron chi connectivity index (χ1n) is 10.6. The summed E-state index contributed by atoms with van der Waals surface area (Å²) in [7, 11) is 0. The van der Waals surface area contributed by atoms with Crippen molar-refractivity contribution in [2.45, 2.75) is 66.1 Å². The number of ether oxygens (including phenoxy) is 1. The normalized spacial score (nSPS) is 12.2. The lowest BCUT2D eigenvalue weighted by molar-refractivity contribution is -0.143. The molecule has 2 aromatic rings. The molecule has 168 valence electrons. The van der Waals surface area contributed by atoms with Gasteiger partial charge in [0.05, 0.1) is 0 Å². The molecule has 31 heavy (non-hydrogen) atoms. The quantitative estimate of drug-likeness (QED) is 0.619. The van der Waals surface area contributed by atoms with E-state index < -0.39 is 11.6 Å². The highest BCUT2D eigenvalue weighted by Crippen LogP contribution is 2.20. The average Bonchev–Trinajstić information content (AvgIpc) is 2.68. The Morgan fingerprint density at radius 2 is 1.74 bits per heavy atom. The van der Waals surface area contributed by atoms with Crippen molar-refractivity contribution >= 4 is 23.4 Å². The smallest absolute Gasteiger partial charge is 0.261 e. The van der Waals surface area contributed by atoms with Crippen molar-refractivity contribution in [2.75, 3.05) is 6.61 Å². The van der Waals surface area contributed by atoms with Gasteiger partial charge in [0.2, 0.25) is 5.91 Å². The number of aryl methyl sites for hydroxylation is 2. The predicted molar refractivity (Wildman–Crippen MR) is 125 cm³/mol. The monoisotopic (exact) mass is 444 g/mol. The lowest BCUT2D eigenvalue weighted by Crippen LogP contribution is -2.54. The van der Waals surface area contributed by atoms with Crippen LogP contribution in [0.15, 0.2) is 42.5 Å². The molecule has 0 aliphatic rings. The summed E-state index contributed by atoms with van der Waals surface area (Å²) in [5.41, 5.74) is 2.52. The molecule has 0 radical (unpaired) electrons. The highest BCUT2D eigenvalue weighted by atomic mass is 35.5. The maximum absolute atomic E-state index is 13.2. The van der Waals surface area contributed by atoms with Crippen molar-refractivity contribution in [2.24, 2.45) is 0 Å². The van der Waals surface area contributed by atoms with Crippen LogP contribution in [-0.2, 0) is 16.1 Å². The molecule has 0 heterocycles. The zero-order chi connectivity index (χ0) is 23.2. The molecule has 0 spiro atoms. The minimum Gasteiger partial charge on any atom is -0.483 e. The minimum absolute atomic E-state index is 0.142. The Kier molecular flexibility index (Phi) is 8.52. The highest BCUT2D eigenvalue weighted by Gasteiger charge is 2.31. The topological polar surface area (TPSA) is 58.6 Å². The van der Waals surface area contributed by atoms with Crippen LogP contribution in [-0.4, -0.2) is 34.9 Å². The molecule has 0 bridgehead atoms. The third-order valence-corrected chi connectivity index (χ3v) is 5.10. The summed E-state index contributed by atoms with van der Waals surface area (Å²) in [5.74, 6) is 0.253. The van der Waals surface area contributed by atoms with Crippen LogP contribution in [0.2, 0.25) is 5.02 Å². The van der Waals surface area contributed by atoms with E-state index in [9.17, 15) is 9.59 Å². The van der Waals surface area contributed by atoms with E-state index in [0.717, 1.165) is 16.7 Å². The highest BCUT2D eigenvalue weighted by molar-refractivity contribution is 6.30. The second kappa shape index (κ2) is 10.7. The molecular weight excluding hydrogens is 412 g/mol. The number of hydrogen-bond donors (Lipinski definition) is 1. The third-order valence-electron chi connectivity index (χ3n) is 4.85. The van der Waals surface area contributed by atoms with Gasteiger partial charge in [0, 0.05) is 17.1 Å². The maximum Gasteiger partial charge on any atom is 0.261 e. The van der Waals surface area contributed by atoms with Gasteiger partial charge in [-0.2, -0.15) is 0 Å². The number of rotatable bonds is 8. The van der Waals surface area contributed by atoms with E-state index in [1.54, 1.807) is 17.0 Å². The lowest BCUT2D eigenvalue weighted by Gasteiger charge is -2.33. The zero-order valence-corrected chi connectivity index (χ0v) is 20.0. The van der Waals surface area contributed by atoms with Gasteiger partial charge in [-0.05, 0) is 75.9 Å². The second-order valence-corrected chi connectivity index (χ2v) is 9.31. The molecular formula is C25H33ClN2O3. The van der Waals surface area contributed by atoms with Crippen molar-refractivity contribution in [3.05, 3.63) is 64.2 Å². The molecule has 0 aliphatic carbocycles. The van der Waals surface area contributed by atoms with E-state index in [0.29, 0.717) is 23.7 Å². The number of carbonyl (C=O) groups is 2. The summed E-state index contributed by atoms with van der Waals surface area (Å²) in [6.07, 6.45) is 0.491. The predicted octanol–water partition coefficient (Wildman–Crippen LogP) is 5.06. The molecule has 1 unspecified atom stereocenters. The summed E-state index contributed by atoms with van der Waals surface area (Å²) >= 11 is 6.00. The third kappa shape index (κ3) is 7.59. The lowest BCUT2D eigenvalue weighted by atomic mass is 10.1. The minimum atomic E-state index is -0.607. The Morgan fingerprint density at radius 1 is 1.10 bits per heavy atom. The van der Waals surface area contributed by atoms with Crippen LogP contribution >= 0.6 is 11.6 Å². The van der Waals surface area contributed by atoms with E-state index in [1.165, 1.54) is 0 Å². The number of nitrogens with one attached hydrogen (secondary N) is 1. The van der Waals surface area contributed by atoms with Crippen molar-refractivity contribution in [3.8, 4) is 5.75 Å². The molecule has 2 amide bonds. The van der Waals surface area contributed by atoms with Crippen LogP contribution < -0.4 is 10.1 Å². The molecule has 2 rings (SSSR count). The molecule has 0 saturated carbocycles. The molecule has 6 heteroatoms. The van der Waals surface area contributed by atoms with Gasteiger partial charge in [-0.3, -0.25) is 9.59 Å². The Bertz CT molecular complexity index is 904. The van der Waals surface area contributed by atoms with Crippen molar-refractivity contribution in [1.29, 1.82) is 0 Å². The van der Waals surface area contributed by atoms with Gasteiger partial charge in [-0.15, -0.1) is 0 Å². The summed E-state index contributed by atoms with van der Waals surface area (Å²) in [4.78, 5) is 27.8. The standard InChI is InChI=1S/C25H33ClN2O3/c1-7-21(24(30)27-25(4,5)6)28(15-19-10-12-20(26)13-11-19)23(29)16-31-22-14-17(2)8-9-18(22)3/h8-14,21H,7,15-16H2,1-6H3,(H,27,30). The summed E-state index contributed by atoms with van der Waals surface area (Å²) in [5, 5.41) is 3.62. The zero-order valence-electron chi connectivity index (χ0n) is 19.3. The Labute approximate surface area is 190 Å². The van der Waals surface area contributed by atoms with Crippen LogP contribution in [0.5, 0.6) is 5.75 Å². The van der Waals surface area contributed by atoms with Gasteiger partial charge in [0.1, 0.15) is 11.8 Å². The Balaban J connectivity index is 2.26. The van der Waals surface area contributed by atoms with E-state index in [-0.39, 0.29) is 18.4 Å². The fourth-order valence-electron chi connectivity index (χ4n) is 3.24. The van der Waals surface area contributed by atoms with Crippen LogP contribution in [0.4, 0.5) is 0 Å². The molecule has 0 aromatic heterocycles. The first-order chi connectivity index (χ1) is 14.5. The fraction of sp³-hybridized carbons (Fsp3) is 0.440. The first kappa shape index (κ1) is 24.7. The van der Waals surface area contributed by atoms with Crippen LogP contribution in [0.1, 0.15) is 50.8 Å². The van der Waals surface area contributed by atoms with Crippen molar-refractivity contribution in [3.63, 3.8) is 0 Å². The van der Waals surface area contributed by atoms with Gasteiger partial charge in [-0.1, -0.05) is 42.8 Å². The fourth-order valence-corrected chi connectivity index (χ4v) is 3.37. The Hall–Kier alpha value is -2.53. The van der Waals surface area contributed by atoms with E-state index >= 15 is 0 Å². The van der Waals surface area contributed by atoms with Gasteiger partial charge < -0.3 is 15.0 Å². The molecule has 0 fully saturated rings. The molecule has 2 aromatic carbocycles. The number of nitrogens with zero attached hydrogens (tertiary/aromatic N) is 1. The number of carbonyl (C=O) groups excluding carboxylic acids is 2. The van der Waals surface area contributed by atoms with Crippen molar-refractivity contribution < 1.29 is 14.3 Å². The molecule has 1 atom stereocenters. The number of hydrogen-bond acceptors (Lipinski definition) is 3. The molecule has 0 saturated heterocycles. The average molecular weight is 445 g/mol. The Morgan fingerprint density at radius 3 is 2.32 bits per heavy atom. The summed E-state index contributed by atoms with van der Waals surface area (Å²) < 4.78 is 5.85. The maximum atomic E-state index is 13.2. The van der Waals surface area contributed by atoms with Crippen LogP contribution in [0, 0.1) is 13.8 Å².